The van der Waals surface area contributed by atoms with Crippen LogP contribution < -0.4 is 4.74 Å². The number of hydrogen-bond acceptors (Lipinski definition) is 7. The van der Waals surface area contributed by atoms with Gasteiger partial charge in [-0.05, 0) is 43.2 Å². The van der Waals surface area contributed by atoms with E-state index in [1.165, 1.54) is 17.0 Å². The van der Waals surface area contributed by atoms with E-state index in [0.29, 0.717) is 54.9 Å². The van der Waals surface area contributed by atoms with Gasteiger partial charge in [0.25, 0.3) is 0 Å². The standard InChI is InChI=1S/C25H23F3N6O4/c1-33-20(14-37-19-4-2-3-18(13-19)25(26,27)28)29-30-21(33)15-5-7-16(8-6-15)22-31-32-23(38-22)17-9-11-34(12-10-17)24(35)36/h2-8,13,17H,9-12,14H2,1H3,(H,35,36). The Kier molecular flexibility index (Phi) is 6.74. The molecule has 1 fully saturated rings. The maximum absolute atomic E-state index is 12.9. The van der Waals surface area contributed by atoms with Gasteiger partial charge in [0.15, 0.2) is 11.6 Å². The smallest absolute Gasteiger partial charge is 0.416 e. The van der Waals surface area contributed by atoms with Crippen molar-refractivity contribution in [3.63, 3.8) is 0 Å². The van der Waals surface area contributed by atoms with Gasteiger partial charge in [-0.25, -0.2) is 4.79 Å². The number of likely N-dealkylation sites (tertiary alicyclic amines) is 1. The minimum absolute atomic E-state index is 0.0151. The van der Waals surface area contributed by atoms with Crippen molar-refractivity contribution in [2.75, 3.05) is 13.1 Å². The summed E-state index contributed by atoms with van der Waals surface area (Å²) >= 11 is 0. The van der Waals surface area contributed by atoms with Crippen molar-refractivity contribution in [1.82, 2.24) is 29.9 Å². The van der Waals surface area contributed by atoms with Crippen molar-refractivity contribution < 1.29 is 32.2 Å². The third-order valence-corrected chi connectivity index (χ3v) is 6.44. The topological polar surface area (TPSA) is 119 Å². The molecule has 5 rings (SSSR count). The minimum atomic E-state index is -4.45. The van der Waals surface area contributed by atoms with Crippen molar-refractivity contribution >= 4 is 6.09 Å². The van der Waals surface area contributed by atoms with E-state index >= 15 is 0 Å². The number of nitrogens with zero attached hydrogens (tertiary/aromatic N) is 6. The van der Waals surface area contributed by atoms with Gasteiger partial charge in [0.1, 0.15) is 12.4 Å². The Labute approximate surface area is 214 Å². The fourth-order valence-electron chi connectivity index (χ4n) is 4.24. The summed E-state index contributed by atoms with van der Waals surface area (Å²) < 4.78 is 51.9. The van der Waals surface area contributed by atoms with Crippen LogP contribution in [-0.2, 0) is 19.8 Å². The van der Waals surface area contributed by atoms with Gasteiger partial charge in [0.2, 0.25) is 11.8 Å². The number of rotatable bonds is 6. The second-order valence-corrected chi connectivity index (χ2v) is 8.88. The Hall–Kier alpha value is -4.42. The zero-order valence-electron chi connectivity index (χ0n) is 20.2. The number of amides is 1. The van der Waals surface area contributed by atoms with E-state index < -0.39 is 17.8 Å². The van der Waals surface area contributed by atoms with Crippen LogP contribution in [0.25, 0.3) is 22.8 Å². The zero-order chi connectivity index (χ0) is 26.9. The van der Waals surface area contributed by atoms with E-state index in [1.807, 2.05) is 24.3 Å². The zero-order valence-corrected chi connectivity index (χ0v) is 20.2. The van der Waals surface area contributed by atoms with Crippen LogP contribution >= 0.6 is 0 Å². The van der Waals surface area contributed by atoms with Crippen molar-refractivity contribution in [1.29, 1.82) is 0 Å². The number of ether oxygens (including phenoxy) is 1. The summed E-state index contributed by atoms with van der Waals surface area (Å²) in [7, 11) is 1.74. The van der Waals surface area contributed by atoms with E-state index in [0.717, 1.165) is 17.7 Å². The van der Waals surface area contributed by atoms with E-state index in [1.54, 1.807) is 11.6 Å². The number of benzene rings is 2. The first-order valence-corrected chi connectivity index (χ1v) is 11.8. The molecule has 10 nitrogen and oxygen atoms in total. The fraction of sp³-hybridized carbons (Fsp3) is 0.320. The average Bonchev–Trinajstić information content (AvgIpc) is 3.55. The number of carbonyl (C=O) groups is 1. The molecule has 0 aliphatic carbocycles. The summed E-state index contributed by atoms with van der Waals surface area (Å²) in [6, 6.07) is 11.9. The molecule has 0 bridgehead atoms. The highest BCUT2D eigenvalue weighted by Gasteiger charge is 2.31. The van der Waals surface area contributed by atoms with Gasteiger partial charge in [0.05, 0.1) is 5.56 Å². The average molecular weight is 528 g/mol. The Balaban J connectivity index is 1.24. The molecule has 0 radical (unpaired) electrons. The molecule has 0 saturated carbocycles. The van der Waals surface area contributed by atoms with Gasteiger partial charge in [-0.15, -0.1) is 20.4 Å². The van der Waals surface area contributed by atoms with Crippen LogP contribution in [0.2, 0.25) is 0 Å². The molecule has 1 aliphatic rings. The first-order chi connectivity index (χ1) is 18.2. The monoisotopic (exact) mass is 528 g/mol. The molecule has 0 unspecified atom stereocenters. The molecule has 13 heteroatoms. The van der Waals surface area contributed by atoms with E-state index in [4.69, 9.17) is 14.3 Å². The van der Waals surface area contributed by atoms with E-state index in [-0.39, 0.29) is 18.3 Å². The highest BCUT2D eigenvalue weighted by Crippen LogP contribution is 2.32. The van der Waals surface area contributed by atoms with Gasteiger partial charge < -0.3 is 23.7 Å². The van der Waals surface area contributed by atoms with Crippen LogP contribution in [0.1, 0.15) is 36.0 Å². The van der Waals surface area contributed by atoms with Crippen LogP contribution in [0.15, 0.2) is 52.9 Å². The fourth-order valence-corrected chi connectivity index (χ4v) is 4.24. The van der Waals surface area contributed by atoms with Gasteiger partial charge in [-0.1, -0.05) is 18.2 Å². The predicted octanol–water partition coefficient (Wildman–Crippen LogP) is 4.99. The first-order valence-electron chi connectivity index (χ1n) is 11.8. The highest BCUT2D eigenvalue weighted by atomic mass is 19.4. The van der Waals surface area contributed by atoms with Gasteiger partial charge in [-0.2, -0.15) is 13.2 Å². The summed E-state index contributed by atoms with van der Waals surface area (Å²) in [5.41, 5.74) is 0.686. The largest absolute Gasteiger partial charge is 0.486 e. The van der Waals surface area contributed by atoms with Crippen LogP contribution in [0, 0.1) is 0 Å². The Morgan fingerprint density at radius 3 is 2.45 bits per heavy atom. The van der Waals surface area contributed by atoms with Gasteiger partial charge in [-0.3, -0.25) is 0 Å². The highest BCUT2D eigenvalue weighted by molar-refractivity contribution is 5.65. The number of hydrogen-bond donors (Lipinski definition) is 1. The van der Waals surface area contributed by atoms with Crippen molar-refractivity contribution in [3.8, 4) is 28.6 Å². The summed E-state index contributed by atoms with van der Waals surface area (Å²) in [5, 5.41) is 25.7. The molecule has 2 aromatic heterocycles. The quantitative estimate of drug-likeness (QED) is 0.372. The molecule has 4 aromatic rings. The lowest BCUT2D eigenvalue weighted by molar-refractivity contribution is -0.137. The lowest BCUT2D eigenvalue weighted by Crippen LogP contribution is -2.36. The Morgan fingerprint density at radius 2 is 1.76 bits per heavy atom. The molecule has 38 heavy (non-hydrogen) atoms. The second kappa shape index (κ2) is 10.1. The molecule has 198 valence electrons. The number of carboxylic acid groups (broad SMARTS) is 1. The molecule has 1 N–H and O–H groups in total. The maximum atomic E-state index is 12.9. The first kappa shape index (κ1) is 25.2. The van der Waals surface area contributed by atoms with E-state index in [2.05, 4.69) is 20.4 Å². The van der Waals surface area contributed by atoms with Crippen LogP contribution in [0.3, 0.4) is 0 Å². The number of halogens is 3. The Bertz CT molecular complexity index is 1430. The van der Waals surface area contributed by atoms with Gasteiger partial charge >= 0.3 is 12.3 Å². The Morgan fingerprint density at radius 1 is 1.05 bits per heavy atom. The van der Waals surface area contributed by atoms with Crippen molar-refractivity contribution in [2.24, 2.45) is 7.05 Å². The third-order valence-electron chi connectivity index (χ3n) is 6.44. The lowest BCUT2D eigenvalue weighted by Gasteiger charge is -2.27. The number of piperidine rings is 1. The van der Waals surface area contributed by atoms with Crippen LogP contribution in [0.4, 0.5) is 18.0 Å². The van der Waals surface area contributed by atoms with Crippen molar-refractivity contribution in [2.45, 2.75) is 31.5 Å². The summed E-state index contributed by atoms with van der Waals surface area (Å²) in [5.74, 6) is 1.95. The predicted molar refractivity (Wildman–Crippen MR) is 127 cm³/mol. The third kappa shape index (κ3) is 5.31. The molecule has 3 heterocycles. The summed E-state index contributed by atoms with van der Waals surface area (Å²) in [6.45, 7) is 0.799. The normalized spacial score (nSPS) is 14.6. The molecular weight excluding hydrogens is 505 g/mol. The van der Waals surface area contributed by atoms with E-state index in [9.17, 15) is 18.0 Å². The minimum Gasteiger partial charge on any atom is -0.486 e. The van der Waals surface area contributed by atoms with Crippen LogP contribution in [-0.4, -0.2) is 54.2 Å². The molecule has 1 saturated heterocycles. The molecule has 0 spiro atoms. The van der Waals surface area contributed by atoms with Gasteiger partial charge in [0, 0.05) is 37.2 Å². The molecular formula is C25H23F3N6O4. The van der Waals surface area contributed by atoms with Crippen LogP contribution in [0.5, 0.6) is 5.75 Å². The maximum Gasteiger partial charge on any atom is 0.416 e. The van der Waals surface area contributed by atoms with Crippen molar-refractivity contribution in [3.05, 3.63) is 65.8 Å². The SMILES string of the molecule is Cn1c(COc2cccc(C(F)(F)F)c2)nnc1-c1ccc(-c2nnc(C3CCN(C(=O)O)CC3)o2)cc1. The number of aromatic nitrogens is 5. The lowest BCUT2D eigenvalue weighted by atomic mass is 9.97. The second-order valence-electron chi connectivity index (χ2n) is 8.88. The molecule has 1 aliphatic heterocycles. The molecule has 0 atom stereocenters. The molecule has 2 aromatic carbocycles. The number of alkyl halides is 3. The summed E-state index contributed by atoms with van der Waals surface area (Å²) in [6.07, 6.45) is -4.13. The molecule has 1 amide bonds. The summed E-state index contributed by atoms with van der Waals surface area (Å²) in [4.78, 5) is 12.5.